The molecule has 0 amide bonds. The Morgan fingerprint density at radius 3 is 1.45 bits per heavy atom. The molecule has 0 unspecified atom stereocenters. The molecule has 0 spiro atoms. The van der Waals surface area contributed by atoms with Gasteiger partial charge in [-0.3, -0.25) is 0 Å². The number of para-hydroxylation sites is 3. The lowest BCUT2D eigenvalue weighted by atomic mass is 9.98. The Kier molecular flexibility index (Phi) is 8.53. The molecular weight excluding hydrogens is 789 g/mol. The highest BCUT2D eigenvalue weighted by Crippen LogP contribution is 2.42. The molecule has 304 valence electrons. The molecule has 0 aliphatic rings. The van der Waals surface area contributed by atoms with Crippen LogP contribution in [0.2, 0.25) is 0 Å². The van der Waals surface area contributed by atoms with E-state index in [1.54, 1.807) is 0 Å². The standard InChI is InChI=1S/C62H40N2O/c1-2-11-52-45(10-1)24-25-47-40-51(38-39-53(47)52)63(49-36-30-46(31-37-49)54-15-9-19-61-62(54)57-14-5-8-18-60(57)65-61)48-32-26-43(27-33-48)41-20-22-42(23-21-41)44-28-34-50(35-29-44)64-58-16-6-3-12-55(58)56-13-4-7-17-59(56)64/h1-40H. The molecule has 0 N–H and O–H groups in total. The Labute approximate surface area is 376 Å². The van der Waals surface area contributed by atoms with Gasteiger partial charge in [-0.1, -0.05) is 170 Å². The van der Waals surface area contributed by atoms with E-state index in [1.165, 1.54) is 65.6 Å². The molecule has 0 aliphatic heterocycles. The lowest BCUT2D eigenvalue weighted by Gasteiger charge is -2.26. The minimum absolute atomic E-state index is 0.901. The summed E-state index contributed by atoms with van der Waals surface area (Å²) in [6.45, 7) is 0. The summed E-state index contributed by atoms with van der Waals surface area (Å²) in [6, 6.07) is 87.7. The number of anilines is 3. The SMILES string of the molecule is c1ccc2c(c1)ccc1cc(N(c3ccc(-c4ccc(-c5ccc(-n6c7ccccc7c7ccccc76)cc5)cc4)cc3)c3ccc(-c4cccc5oc6ccccc6c45)cc3)ccc12. The fraction of sp³-hybridized carbons (Fsp3) is 0. The van der Waals surface area contributed by atoms with Gasteiger partial charge in [0.05, 0.1) is 11.0 Å². The molecular formula is C62H40N2O. The second-order valence-electron chi connectivity index (χ2n) is 16.9. The molecule has 0 fully saturated rings. The summed E-state index contributed by atoms with van der Waals surface area (Å²) in [5.41, 5.74) is 15.7. The van der Waals surface area contributed by atoms with E-state index in [0.29, 0.717) is 0 Å². The quantitative estimate of drug-likeness (QED) is 0.149. The van der Waals surface area contributed by atoms with Gasteiger partial charge in [0, 0.05) is 44.3 Å². The van der Waals surface area contributed by atoms with Crippen LogP contribution in [0, 0.1) is 0 Å². The number of benzene rings is 11. The summed E-state index contributed by atoms with van der Waals surface area (Å²) in [4.78, 5) is 2.36. The Balaban J connectivity index is 0.831. The number of fused-ring (bicyclic) bond motifs is 9. The zero-order valence-corrected chi connectivity index (χ0v) is 35.4. The van der Waals surface area contributed by atoms with Crippen molar-refractivity contribution in [2.24, 2.45) is 0 Å². The number of furan rings is 1. The highest BCUT2D eigenvalue weighted by atomic mass is 16.3. The van der Waals surface area contributed by atoms with Gasteiger partial charge in [-0.15, -0.1) is 0 Å². The maximum atomic E-state index is 6.25. The van der Waals surface area contributed by atoms with Gasteiger partial charge in [0.2, 0.25) is 0 Å². The van der Waals surface area contributed by atoms with E-state index in [2.05, 4.69) is 240 Å². The molecule has 0 atom stereocenters. The fourth-order valence-electron chi connectivity index (χ4n) is 10.1. The van der Waals surface area contributed by atoms with Gasteiger partial charge in [0.1, 0.15) is 11.2 Å². The summed E-state index contributed by atoms with van der Waals surface area (Å²) >= 11 is 0. The van der Waals surface area contributed by atoms with Crippen LogP contribution in [0.15, 0.2) is 247 Å². The first kappa shape index (κ1) is 36.9. The second kappa shape index (κ2) is 15.0. The van der Waals surface area contributed by atoms with Gasteiger partial charge >= 0.3 is 0 Å². The molecule has 2 heterocycles. The van der Waals surface area contributed by atoms with Crippen molar-refractivity contribution in [1.29, 1.82) is 0 Å². The molecule has 65 heavy (non-hydrogen) atoms. The molecule has 0 radical (unpaired) electrons. The van der Waals surface area contributed by atoms with E-state index in [4.69, 9.17) is 4.42 Å². The topological polar surface area (TPSA) is 21.3 Å². The Morgan fingerprint density at radius 2 is 0.785 bits per heavy atom. The monoisotopic (exact) mass is 828 g/mol. The molecule has 3 heteroatoms. The first-order chi connectivity index (χ1) is 32.2. The van der Waals surface area contributed by atoms with Crippen LogP contribution in [0.4, 0.5) is 17.1 Å². The lowest BCUT2D eigenvalue weighted by molar-refractivity contribution is 0.669. The number of rotatable bonds is 7. The number of nitrogens with zero attached hydrogens (tertiary/aromatic N) is 2. The molecule has 3 nitrogen and oxygen atoms in total. The molecule has 13 rings (SSSR count). The molecule has 0 bridgehead atoms. The largest absolute Gasteiger partial charge is 0.456 e. The van der Waals surface area contributed by atoms with Crippen LogP contribution in [0.3, 0.4) is 0 Å². The molecule has 0 saturated heterocycles. The van der Waals surface area contributed by atoms with E-state index in [1.807, 2.05) is 12.1 Å². The van der Waals surface area contributed by atoms with Crippen LogP contribution in [0.5, 0.6) is 0 Å². The maximum Gasteiger partial charge on any atom is 0.136 e. The zero-order valence-electron chi connectivity index (χ0n) is 35.4. The van der Waals surface area contributed by atoms with Crippen LogP contribution in [0.1, 0.15) is 0 Å². The van der Waals surface area contributed by atoms with E-state index in [9.17, 15) is 0 Å². The van der Waals surface area contributed by atoms with Crippen LogP contribution >= 0.6 is 0 Å². The summed E-state index contributed by atoms with van der Waals surface area (Å²) in [5.74, 6) is 0. The predicted octanol–water partition coefficient (Wildman–Crippen LogP) is 17.5. The highest BCUT2D eigenvalue weighted by Gasteiger charge is 2.17. The van der Waals surface area contributed by atoms with E-state index < -0.39 is 0 Å². The molecule has 0 saturated carbocycles. The van der Waals surface area contributed by atoms with Crippen molar-refractivity contribution in [2.45, 2.75) is 0 Å². The van der Waals surface area contributed by atoms with Gasteiger partial charge in [0.25, 0.3) is 0 Å². The van der Waals surface area contributed by atoms with E-state index in [-0.39, 0.29) is 0 Å². The van der Waals surface area contributed by atoms with Crippen molar-refractivity contribution in [3.8, 4) is 39.1 Å². The van der Waals surface area contributed by atoms with Gasteiger partial charge in [0.15, 0.2) is 0 Å². The minimum Gasteiger partial charge on any atom is -0.456 e. The average Bonchev–Trinajstić information content (AvgIpc) is 3.93. The van der Waals surface area contributed by atoms with Crippen LogP contribution in [-0.2, 0) is 0 Å². The number of hydrogen-bond donors (Lipinski definition) is 0. The van der Waals surface area contributed by atoms with Crippen molar-refractivity contribution in [3.63, 3.8) is 0 Å². The third kappa shape index (κ3) is 6.20. The lowest BCUT2D eigenvalue weighted by Crippen LogP contribution is -2.09. The summed E-state index contributed by atoms with van der Waals surface area (Å²) < 4.78 is 8.61. The zero-order chi connectivity index (χ0) is 42.8. The third-order valence-electron chi connectivity index (χ3n) is 13.2. The fourth-order valence-corrected chi connectivity index (χ4v) is 10.1. The molecule has 13 aromatic rings. The molecule has 11 aromatic carbocycles. The van der Waals surface area contributed by atoms with Crippen LogP contribution in [-0.4, -0.2) is 4.57 Å². The number of aromatic nitrogens is 1. The maximum absolute atomic E-state index is 6.25. The van der Waals surface area contributed by atoms with Gasteiger partial charge < -0.3 is 13.9 Å². The second-order valence-corrected chi connectivity index (χ2v) is 16.9. The Hall–Kier alpha value is -8.66. The molecule has 2 aromatic heterocycles. The van der Waals surface area contributed by atoms with Gasteiger partial charge in [-0.2, -0.15) is 0 Å². The smallest absolute Gasteiger partial charge is 0.136 e. The van der Waals surface area contributed by atoms with Gasteiger partial charge in [-0.25, -0.2) is 0 Å². The predicted molar refractivity (Wildman–Crippen MR) is 274 cm³/mol. The van der Waals surface area contributed by atoms with Crippen LogP contribution < -0.4 is 4.90 Å². The van der Waals surface area contributed by atoms with Crippen molar-refractivity contribution >= 4 is 82.4 Å². The summed E-state index contributed by atoms with van der Waals surface area (Å²) in [7, 11) is 0. The van der Waals surface area contributed by atoms with Crippen LogP contribution in [0.25, 0.3) is 104 Å². The first-order valence-corrected chi connectivity index (χ1v) is 22.2. The van der Waals surface area contributed by atoms with Crippen molar-refractivity contribution in [2.75, 3.05) is 4.90 Å². The van der Waals surface area contributed by atoms with Crippen molar-refractivity contribution < 1.29 is 4.42 Å². The highest BCUT2D eigenvalue weighted by molar-refractivity contribution is 6.13. The van der Waals surface area contributed by atoms with Crippen molar-refractivity contribution in [3.05, 3.63) is 243 Å². The van der Waals surface area contributed by atoms with Gasteiger partial charge in [-0.05, 0) is 128 Å². The number of hydrogen-bond acceptors (Lipinski definition) is 2. The Bertz CT molecular complexity index is 3860. The summed E-state index contributed by atoms with van der Waals surface area (Å²) in [6.07, 6.45) is 0. The normalized spacial score (nSPS) is 11.7. The van der Waals surface area contributed by atoms with E-state index >= 15 is 0 Å². The molecule has 0 aliphatic carbocycles. The van der Waals surface area contributed by atoms with E-state index in [0.717, 1.165) is 55.8 Å². The third-order valence-corrected chi connectivity index (χ3v) is 13.2. The average molecular weight is 829 g/mol. The Morgan fingerprint density at radius 1 is 0.308 bits per heavy atom. The first-order valence-electron chi connectivity index (χ1n) is 22.2. The van der Waals surface area contributed by atoms with Crippen molar-refractivity contribution in [1.82, 2.24) is 4.57 Å². The summed E-state index contributed by atoms with van der Waals surface area (Å²) in [5, 5.41) is 9.79. The minimum atomic E-state index is 0.901.